The molecule has 0 atom stereocenters. The summed E-state index contributed by atoms with van der Waals surface area (Å²) in [6.45, 7) is 0.802. The van der Waals surface area contributed by atoms with Crippen LogP contribution in [-0.2, 0) is 10.0 Å². The van der Waals surface area contributed by atoms with Gasteiger partial charge < -0.3 is 4.90 Å². The Kier molecular flexibility index (Phi) is 5.67. The zero-order valence-corrected chi connectivity index (χ0v) is 16.7. The smallest absolute Gasteiger partial charge is 0.255 e. The van der Waals surface area contributed by atoms with Gasteiger partial charge in [0, 0.05) is 35.7 Å². The zero-order chi connectivity index (χ0) is 18.9. The topological polar surface area (TPSA) is 57.7 Å². The summed E-state index contributed by atoms with van der Waals surface area (Å²) in [7, 11) is -3.64. The molecule has 0 aromatic heterocycles. The molecule has 3 rings (SSSR count). The van der Waals surface area contributed by atoms with Gasteiger partial charge in [0.05, 0.1) is 10.5 Å². The Morgan fingerprint density at radius 2 is 1.65 bits per heavy atom. The van der Waals surface area contributed by atoms with E-state index in [4.69, 9.17) is 11.6 Å². The minimum Gasteiger partial charge on any atom is -0.336 e. The molecule has 1 aliphatic heterocycles. The maximum atomic E-state index is 13.4. The van der Waals surface area contributed by atoms with Crippen LogP contribution in [0.25, 0.3) is 0 Å². The molecule has 1 amide bonds. The van der Waals surface area contributed by atoms with Crippen molar-refractivity contribution < 1.29 is 17.6 Å². The van der Waals surface area contributed by atoms with E-state index in [-0.39, 0.29) is 42.5 Å². The Balaban J connectivity index is 1.71. The second-order valence-corrected chi connectivity index (χ2v) is 9.00. The first kappa shape index (κ1) is 19.3. The highest BCUT2D eigenvalue weighted by Gasteiger charge is 2.31. The number of nitrogens with zero attached hydrogens (tertiary/aromatic N) is 2. The van der Waals surface area contributed by atoms with Crippen molar-refractivity contribution in [2.24, 2.45) is 0 Å². The van der Waals surface area contributed by atoms with Crippen LogP contribution in [0.5, 0.6) is 0 Å². The van der Waals surface area contributed by atoms with E-state index in [1.807, 2.05) is 0 Å². The molecule has 0 bridgehead atoms. The van der Waals surface area contributed by atoms with Crippen LogP contribution in [0.4, 0.5) is 4.39 Å². The molecule has 1 fully saturated rings. The lowest BCUT2D eigenvalue weighted by molar-refractivity contribution is 0.0696. The zero-order valence-electron chi connectivity index (χ0n) is 13.5. The molecule has 2 aromatic rings. The van der Waals surface area contributed by atoms with Crippen LogP contribution >= 0.6 is 27.5 Å². The third-order valence-corrected chi connectivity index (χ3v) is 6.99. The van der Waals surface area contributed by atoms with Crippen molar-refractivity contribution in [3.63, 3.8) is 0 Å². The third-order valence-electron chi connectivity index (χ3n) is 4.14. The van der Waals surface area contributed by atoms with E-state index in [0.29, 0.717) is 9.50 Å². The summed E-state index contributed by atoms with van der Waals surface area (Å²) in [6, 6.07) is 9.87. The van der Waals surface area contributed by atoms with E-state index in [9.17, 15) is 17.6 Å². The summed E-state index contributed by atoms with van der Waals surface area (Å²) in [5, 5.41) is 0.458. The predicted octanol–water partition coefficient (Wildman–Crippen LogP) is 3.39. The molecule has 1 saturated heterocycles. The van der Waals surface area contributed by atoms with Crippen molar-refractivity contribution in [1.82, 2.24) is 9.21 Å². The van der Waals surface area contributed by atoms with E-state index < -0.39 is 15.8 Å². The molecule has 0 aliphatic carbocycles. The fourth-order valence-electron chi connectivity index (χ4n) is 2.72. The van der Waals surface area contributed by atoms with Crippen molar-refractivity contribution in [3.05, 3.63) is 63.3 Å². The molecule has 1 aliphatic rings. The van der Waals surface area contributed by atoms with Gasteiger partial charge >= 0.3 is 0 Å². The normalized spacial score (nSPS) is 15.9. The summed E-state index contributed by atoms with van der Waals surface area (Å²) in [5.74, 6) is -0.833. The van der Waals surface area contributed by atoms with E-state index >= 15 is 0 Å². The van der Waals surface area contributed by atoms with Crippen molar-refractivity contribution in [3.8, 4) is 0 Å². The number of rotatable bonds is 3. The lowest BCUT2D eigenvalue weighted by Gasteiger charge is -2.34. The Hall–Kier alpha value is -1.48. The fraction of sp³-hybridized carbons (Fsp3) is 0.235. The van der Waals surface area contributed by atoms with Gasteiger partial charge in [0.1, 0.15) is 5.82 Å². The van der Waals surface area contributed by atoms with Gasteiger partial charge in [0.2, 0.25) is 10.0 Å². The van der Waals surface area contributed by atoms with Crippen LogP contribution < -0.4 is 0 Å². The number of amides is 1. The fourth-order valence-corrected chi connectivity index (χ4v) is 4.68. The largest absolute Gasteiger partial charge is 0.336 e. The number of carbonyl (C=O) groups is 1. The molecule has 138 valence electrons. The number of sulfonamides is 1. The van der Waals surface area contributed by atoms with Gasteiger partial charge in [0.25, 0.3) is 5.91 Å². The molecule has 1 heterocycles. The van der Waals surface area contributed by atoms with E-state index in [1.54, 1.807) is 0 Å². The predicted molar refractivity (Wildman–Crippen MR) is 100 cm³/mol. The number of hydrogen-bond acceptors (Lipinski definition) is 3. The van der Waals surface area contributed by atoms with Crippen LogP contribution in [0.1, 0.15) is 10.4 Å². The van der Waals surface area contributed by atoms with Gasteiger partial charge in [-0.25, -0.2) is 12.8 Å². The molecule has 2 aromatic carbocycles. The highest BCUT2D eigenvalue weighted by Crippen LogP contribution is 2.23. The first-order valence-electron chi connectivity index (χ1n) is 7.79. The summed E-state index contributed by atoms with van der Waals surface area (Å²) < 4.78 is 40.6. The van der Waals surface area contributed by atoms with Crippen LogP contribution in [-0.4, -0.2) is 49.7 Å². The minimum absolute atomic E-state index is 0.162. The molecule has 0 saturated carbocycles. The van der Waals surface area contributed by atoms with Gasteiger partial charge in [-0.1, -0.05) is 11.6 Å². The molecule has 9 heteroatoms. The molecule has 26 heavy (non-hydrogen) atoms. The molecule has 0 N–H and O–H groups in total. The SMILES string of the molecule is O=C(c1cc(F)ccc1Br)N1CCN(S(=O)(=O)c2ccc(Cl)cc2)CC1. The Labute approximate surface area is 164 Å². The number of halogens is 3. The van der Waals surface area contributed by atoms with Gasteiger partial charge in [-0.15, -0.1) is 0 Å². The molecule has 0 spiro atoms. The Bertz CT molecular complexity index is 930. The first-order valence-corrected chi connectivity index (χ1v) is 10.4. The number of piperazine rings is 1. The minimum atomic E-state index is -3.64. The van der Waals surface area contributed by atoms with Gasteiger partial charge in [-0.3, -0.25) is 4.79 Å². The van der Waals surface area contributed by atoms with Crippen LogP contribution in [0.3, 0.4) is 0 Å². The molecule has 5 nitrogen and oxygen atoms in total. The number of carbonyl (C=O) groups excluding carboxylic acids is 1. The third kappa shape index (κ3) is 3.93. The summed E-state index contributed by atoms with van der Waals surface area (Å²) in [5.41, 5.74) is 0.221. The number of hydrogen-bond donors (Lipinski definition) is 0. The summed E-state index contributed by atoms with van der Waals surface area (Å²) in [6.07, 6.45) is 0. The van der Waals surface area contributed by atoms with Crippen LogP contribution in [0, 0.1) is 5.82 Å². The summed E-state index contributed by atoms with van der Waals surface area (Å²) in [4.78, 5) is 14.3. The quantitative estimate of drug-likeness (QED) is 0.704. The Morgan fingerprint density at radius 3 is 2.27 bits per heavy atom. The number of benzene rings is 2. The molecular formula is C17H15BrClFN2O3S. The van der Waals surface area contributed by atoms with Crippen molar-refractivity contribution in [2.45, 2.75) is 4.90 Å². The monoisotopic (exact) mass is 460 g/mol. The van der Waals surface area contributed by atoms with Crippen LogP contribution in [0.15, 0.2) is 51.8 Å². The van der Waals surface area contributed by atoms with E-state index in [0.717, 1.165) is 0 Å². The van der Waals surface area contributed by atoms with Crippen LogP contribution in [0.2, 0.25) is 5.02 Å². The maximum absolute atomic E-state index is 13.4. The molecular weight excluding hydrogens is 447 g/mol. The van der Waals surface area contributed by atoms with Crippen molar-refractivity contribution >= 4 is 43.5 Å². The molecule has 0 unspecified atom stereocenters. The standard InChI is InChI=1S/C17H15BrClFN2O3S/c18-16-6-3-13(20)11-15(16)17(23)21-7-9-22(10-8-21)26(24,25)14-4-1-12(19)2-5-14/h1-6,11H,7-10H2. The van der Waals surface area contributed by atoms with Crippen molar-refractivity contribution in [1.29, 1.82) is 0 Å². The van der Waals surface area contributed by atoms with Gasteiger partial charge in [0.15, 0.2) is 0 Å². The van der Waals surface area contributed by atoms with E-state index in [2.05, 4.69) is 15.9 Å². The maximum Gasteiger partial charge on any atom is 0.255 e. The van der Waals surface area contributed by atoms with E-state index in [1.165, 1.54) is 51.7 Å². The van der Waals surface area contributed by atoms with Gasteiger partial charge in [-0.2, -0.15) is 4.31 Å². The molecule has 0 radical (unpaired) electrons. The summed E-state index contributed by atoms with van der Waals surface area (Å²) >= 11 is 9.05. The highest BCUT2D eigenvalue weighted by molar-refractivity contribution is 9.10. The average molecular weight is 462 g/mol. The Morgan fingerprint density at radius 1 is 1.04 bits per heavy atom. The lowest BCUT2D eigenvalue weighted by atomic mass is 10.2. The van der Waals surface area contributed by atoms with Gasteiger partial charge in [-0.05, 0) is 58.4 Å². The second kappa shape index (κ2) is 7.64. The first-order chi connectivity index (χ1) is 12.3. The van der Waals surface area contributed by atoms with Crippen molar-refractivity contribution in [2.75, 3.05) is 26.2 Å². The lowest BCUT2D eigenvalue weighted by Crippen LogP contribution is -2.50. The highest BCUT2D eigenvalue weighted by atomic mass is 79.9. The second-order valence-electron chi connectivity index (χ2n) is 5.77. The average Bonchev–Trinajstić information content (AvgIpc) is 2.63.